The summed E-state index contributed by atoms with van der Waals surface area (Å²) in [5.41, 5.74) is 0.245. The quantitative estimate of drug-likeness (QED) is 0.515. The molecule has 1 heterocycles. The number of pyridine rings is 1. The molecule has 0 spiro atoms. The molecule has 3 aromatic rings. The first-order valence-electron chi connectivity index (χ1n) is 8.68. The number of benzene rings is 2. The molecule has 0 aliphatic heterocycles. The van der Waals surface area contributed by atoms with Gasteiger partial charge in [0.05, 0.1) is 22.6 Å². The Bertz CT molecular complexity index is 1340. The molecule has 0 amide bonds. The first-order chi connectivity index (χ1) is 14.5. The van der Waals surface area contributed by atoms with Crippen LogP contribution in [0.2, 0.25) is 5.02 Å². The number of carbonyl (C=O) groups is 1. The molecule has 31 heavy (non-hydrogen) atoms. The van der Waals surface area contributed by atoms with Crippen molar-refractivity contribution in [3.05, 3.63) is 76.9 Å². The number of sulfonamides is 1. The maximum atomic E-state index is 13.0. The van der Waals surface area contributed by atoms with E-state index >= 15 is 0 Å². The van der Waals surface area contributed by atoms with Crippen LogP contribution in [0.25, 0.3) is 0 Å². The van der Waals surface area contributed by atoms with E-state index in [9.17, 15) is 21.6 Å². The first kappa shape index (κ1) is 22.7. The summed E-state index contributed by atoms with van der Waals surface area (Å²) in [5, 5.41) is 0.241. The van der Waals surface area contributed by atoms with Crippen molar-refractivity contribution in [3.63, 3.8) is 0 Å². The number of aromatic nitrogens is 1. The summed E-state index contributed by atoms with van der Waals surface area (Å²) in [5.74, 6) is -0.177. The number of hydrogen-bond donors (Lipinski definition) is 1. The van der Waals surface area contributed by atoms with Crippen molar-refractivity contribution in [1.29, 1.82) is 0 Å². The second kappa shape index (κ2) is 8.66. The van der Waals surface area contributed by atoms with Crippen molar-refractivity contribution >= 4 is 42.9 Å². The SMILES string of the molecule is COc1ccc(C(=O)c2cc(Cl)ccc2NS(=O)(=O)c2ccc(S(C)(=O)=O)cc2)cn1. The molecule has 0 aliphatic carbocycles. The summed E-state index contributed by atoms with van der Waals surface area (Å²) >= 11 is 6.02. The predicted molar refractivity (Wildman–Crippen MR) is 116 cm³/mol. The molecule has 0 bridgehead atoms. The van der Waals surface area contributed by atoms with Gasteiger partial charge in [-0.1, -0.05) is 11.6 Å². The van der Waals surface area contributed by atoms with Crippen LogP contribution in [0.1, 0.15) is 15.9 Å². The van der Waals surface area contributed by atoms with Crippen LogP contribution in [0.3, 0.4) is 0 Å². The van der Waals surface area contributed by atoms with E-state index in [4.69, 9.17) is 16.3 Å². The number of nitrogens with one attached hydrogen (secondary N) is 1. The number of sulfone groups is 1. The fourth-order valence-electron chi connectivity index (χ4n) is 2.65. The summed E-state index contributed by atoms with van der Waals surface area (Å²) in [4.78, 5) is 16.8. The molecule has 0 aliphatic rings. The van der Waals surface area contributed by atoms with E-state index in [2.05, 4.69) is 9.71 Å². The smallest absolute Gasteiger partial charge is 0.261 e. The van der Waals surface area contributed by atoms with Crippen molar-refractivity contribution in [2.75, 3.05) is 18.1 Å². The Morgan fingerprint density at radius 2 is 1.61 bits per heavy atom. The van der Waals surface area contributed by atoms with Crippen molar-refractivity contribution in [1.82, 2.24) is 4.98 Å². The van der Waals surface area contributed by atoms with Gasteiger partial charge in [-0.15, -0.1) is 0 Å². The molecule has 0 unspecified atom stereocenters. The molecule has 0 fully saturated rings. The zero-order chi connectivity index (χ0) is 22.8. The lowest BCUT2D eigenvalue weighted by molar-refractivity contribution is 0.103. The van der Waals surface area contributed by atoms with Crippen LogP contribution in [0.15, 0.2) is 70.6 Å². The Morgan fingerprint density at radius 3 is 2.16 bits per heavy atom. The number of halogens is 1. The molecule has 0 radical (unpaired) electrons. The number of carbonyl (C=O) groups excluding carboxylic acids is 1. The van der Waals surface area contributed by atoms with E-state index in [0.717, 1.165) is 6.26 Å². The Balaban J connectivity index is 1.97. The largest absolute Gasteiger partial charge is 0.481 e. The normalized spacial score (nSPS) is 11.7. The molecule has 3 rings (SSSR count). The fourth-order valence-corrected chi connectivity index (χ4v) is 4.54. The standard InChI is InChI=1S/C20H17ClN2O6S2/c1-29-19-10-3-13(12-22-19)20(24)17-11-14(21)4-9-18(17)23-31(27,28)16-7-5-15(6-8-16)30(2,25)26/h3-12,23H,1-2H3. The van der Waals surface area contributed by atoms with Crippen LogP contribution in [-0.4, -0.2) is 41.0 Å². The highest BCUT2D eigenvalue weighted by Gasteiger charge is 2.21. The zero-order valence-corrected chi connectivity index (χ0v) is 18.8. The van der Waals surface area contributed by atoms with Crippen molar-refractivity contribution < 1.29 is 26.4 Å². The third kappa shape index (κ3) is 5.22. The van der Waals surface area contributed by atoms with Gasteiger partial charge in [-0.05, 0) is 48.5 Å². The second-order valence-corrected chi connectivity index (χ2v) is 10.6. The van der Waals surface area contributed by atoms with E-state index in [-0.39, 0.29) is 31.6 Å². The third-order valence-corrected chi connectivity index (χ3v) is 6.99. The highest BCUT2D eigenvalue weighted by atomic mass is 35.5. The lowest BCUT2D eigenvalue weighted by atomic mass is 10.0. The molecule has 162 valence electrons. The number of anilines is 1. The number of nitrogens with zero attached hydrogens (tertiary/aromatic N) is 1. The van der Waals surface area contributed by atoms with Crippen LogP contribution >= 0.6 is 11.6 Å². The van der Waals surface area contributed by atoms with Crippen LogP contribution in [0.4, 0.5) is 5.69 Å². The highest BCUT2D eigenvalue weighted by Crippen LogP contribution is 2.26. The van der Waals surface area contributed by atoms with Crippen LogP contribution in [-0.2, 0) is 19.9 Å². The summed E-state index contributed by atoms with van der Waals surface area (Å²) in [6.45, 7) is 0. The third-order valence-electron chi connectivity index (χ3n) is 4.24. The van der Waals surface area contributed by atoms with Crippen molar-refractivity contribution in [3.8, 4) is 5.88 Å². The minimum absolute atomic E-state index is 0.0115. The molecule has 0 saturated heterocycles. The minimum Gasteiger partial charge on any atom is -0.481 e. The number of ether oxygens (including phenoxy) is 1. The van der Waals surface area contributed by atoms with Gasteiger partial charge in [-0.25, -0.2) is 21.8 Å². The summed E-state index contributed by atoms with van der Waals surface area (Å²) < 4.78 is 56.1. The Hall–Kier alpha value is -2.95. The van der Waals surface area contributed by atoms with Crippen molar-refractivity contribution in [2.45, 2.75) is 9.79 Å². The van der Waals surface area contributed by atoms with Gasteiger partial charge < -0.3 is 4.74 Å². The highest BCUT2D eigenvalue weighted by molar-refractivity contribution is 7.92. The van der Waals surface area contributed by atoms with Gasteiger partial charge in [0, 0.05) is 34.7 Å². The molecule has 0 saturated carbocycles. The van der Waals surface area contributed by atoms with Gasteiger partial charge >= 0.3 is 0 Å². The van der Waals surface area contributed by atoms with Gasteiger partial charge in [0.2, 0.25) is 5.88 Å². The summed E-state index contributed by atoms with van der Waals surface area (Å²) in [6, 6.07) is 11.9. The van der Waals surface area contributed by atoms with E-state index in [1.165, 1.54) is 67.9 Å². The van der Waals surface area contributed by atoms with Gasteiger partial charge in [0.15, 0.2) is 15.6 Å². The van der Waals surface area contributed by atoms with Gasteiger partial charge in [-0.3, -0.25) is 9.52 Å². The number of methoxy groups -OCH3 is 1. The predicted octanol–water partition coefficient (Wildman–Crippen LogP) is 3.18. The summed E-state index contributed by atoms with van der Waals surface area (Å²) in [7, 11) is -6.14. The topological polar surface area (TPSA) is 119 Å². The van der Waals surface area contributed by atoms with Gasteiger partial charge in [0.25, 0.3) is 10.0 Å². The fraction of sp³-hybridized carbons (Fsp3) is 0.100. The molecule has 2 aromatic carbocycles. The second-order valence-electron chi connectivity index (χ2n) is 6.46. The maximum Gasteiger partial charge on any atom is 0.261 e. The van der Waals surface area contributed by atoms with Crippen LogP contribution in [0.5, 0.6) is 5.88 Å². The molecule has 1 aromatic heterocycles. The zero-order valence-electron chi connectivity index (χ0n) is 16.4. The molecular formula is C20H17ClN2O6S2. The van der Waals surface area contributed by atoms with Crippen molar-refractivity contribution in [2.24, 2.45) is 0 Å². The lowest BCUT2D eigenvalue weighted by Gasteiger charge is -2.13. The Labute approximate surface area is 184 Å². The number of hydrogen-bond acceptors (Lipinski definition) is 7. The van der Waals surface area contributed by atoms with Crippen LogP contribution in [0, 0.1) is 0 Å². The Morgan fingerprint density at radius 1 is 0.968 bits per heavy atom. The van der Waals surface area contributed by atoms with Gasteiger partial charge in [-0.2, -0.15) is 0 Å². The van der Waals surface area contributed by atoms with E-state index in [1.807, 2.05) is 0 Å². The minimum atomic E-state index is -4.11. The maximum absolute atomic E-state index is 13.0. The molecule has 1 N–H and O–H groups in total. The average Bonchev–Trinajstić information content (AvgIpc) is 2.74. The Kier molecular flexibility index (Phi) is 6.35. The molecule has 11 heteroatoms. The number of ketones is 1. The lowest BCUT2D eigenvalue weighted by Crippen LogP contribution is -2.16. The molecule has 8 nitrogen and oxygen atoms in total. The summed E-state index contributed by atoms with van der Waals surface area (Å²) in [6.07, 6.45) is 2.33. The van der Waals surface area contributed by atoms with E-state index in [0.29, 0.717) is 5.88 Å². The average molecular weight is 481 g/mol. The number of rotatable bonds is 7. The molecular weight excluding hydrogens is 464 g/mol. The van der Waals surface area contributed by atoms with Gasteiger partial charge in [0.1, 0.15) is 0 Å². The molecule has 0 atom stereocenters. The van der Waals surface area contributed by atoms with E-state index in [1.54, 1.807) is 0 Å². The first-order valence-corrected chi connectivity index (χ1v) is 12.4. The van der Waals surface area contributed by atoms with E-state index < -0.39 is 25.6 Å². The van der Waals surface area contributed by atoms with Crippen LogP contribution < -0.4 is 9.46 Å². The monoisotopic (exact) mass is 480 g/mol.